The summed E-state index contributed by atoms with van der Waals surface area (Å²) in [7, 11) is -0.0707. The summed E-state index contributed by atoms with van der Waals surface area (Å²) in [4.78, 5) is 28.6. The summed E-state index contributed by atoms with van der Waals surface area (Å²) in [5.41, 5.74) is 3.84. The summed E-state index contributed by atoms with van der Waals surface area (Å²) in [5, 5.41) is 23.1. The molecule has 0 aliphatic carbocycles. The van der Waals surface area contributed by atoms with Crippen LogP contribution in [-0.2, 0) is 38.3 Å². The maximum atomic E-state index is 14.2. The van der Waals surface area contributed by atoms with Gasteiger partial charge in [0.05, 0.1) is 24.2 Å². The summed E-state index contributed by atoms with van der Waals surface area (Å²) in [6.45, 7) is 4.30. The van der Waals surface area contributed by atoms with Crippen molar-refractivity contribution in [2.24, 2.45) is 5.92 Å². The summed E-state index contributed by atoms with van der Waals surface area (Å²) in [6.07, 6.45) is 1.80. The average Bonchev–Trinajstić information content (AvgIpc) is 3.13. The highest BCUT2D eigenvalue weighted by atomic mass is 32.2. The third kappa shape index (κ3) is 10.4. The van der Waals surface area contributed by atoms with E-state index in [2.05, 4.69) is 19.2 Å². The molecule has 0 fully saturated rings. The van der Waals surface area contributed by atoms with Crippen molar-refractivity contribution in [2.45, 2.75) is 56.2 Å². The zero-order chi connectivity index (χ0) is 35.2. The fourth-order valence-corrected chi connectivity index (χ4v) is 7.17. The molecular weight excluding hydrogens is 639 g/mol. The van der Waals surface area contributed by atoms with Crippen LogP contribution in [0.15, 0.2) is 114 Å². The molecule has 0 saturated heterocycles. The summed E-state index contributed by atoms with van der Waals surface area (Å²) in [5.74, 6) is -0.508. The molecule has 260 valence electrons. The number of amides is 2. The molecule has 10 heteroatoms. The monoisotopic (exact) mass is 685 g/mol. The van der Waals surface area contributed by atoms with Crippen LogP contribution in [0.3, 0.4) is 0 Å². The zero-order valence-corrected chi connectivity index (χ0v) is 29.2. The van der Waals surface area contributed by atoms with Crippen molar-refractivity contribution < 1.29 is 28.7 Å². The van der Waals surface area contributed by atoms with E-state index in [1.165, 1.54) is 12.0 Å². The number of nitrogens with one attached hydrogen (secondary N) is 1. The van der Waals surface area contributed by atoms with Crippen molar-refractivity contribution >= 4 is 29.0 Å². The van der Waals surface area contributed by atoms with E-state index in [1.807, 2.05) is 83.2 Å². The van der Waals surface area contributed by atoms with Gasteiger partial charge >= 0.3 is 0 Å². The van der Waals surface area contributed by atoms with E-state index < -0.39 is 29.0 Å². The van der Waals surface area contributed by atoms with Gasteiger partial charge in [-0.1, -0.05) is 98.8 Å². The van der Waals surface area contributed by atoms with E-state index in [0.29, 0.717) is 35.9 Å². The van der Waals surface area contributed by atoms with Gasteiger partial charge in [-0.15, -0.1) is 0 Å². The highest BCUT2D eigenvalue weighted by molar-refractivity contribution is 7.82. The van der Waals surface area contributed by atoms with Gasteiger partial charge in [-0.2, -0.15) is 0 Å². The number of ether oxygens (including phenoxy) is 1. The van der Waals surface area contributed by atoms with Crippen molar-refractivity contribution in [2.75, 3.05) is 32.3 Å². The van der Waals surface area contributed by atoms with Gasteiger partial charge < -0.3 is 25.2 Å². The quantitative estimate of drug-likeness (QED) is 0.0905. The number of benzene rings is 4. The number of hydrogen-bond acceptors (Lipinski definition) is 6. The molecule has 4 aromatic rings. The molecule has 0 aliphatic rings. The van der Waals surface area contributed by atoms with Crippen LogP contribution in [-0.4, -0.2) is 75.0 Å². The average molecular weight is 686 g/mol. The van der Waals surface area contributed by atoms with Crippen molar-refractivity contribution in [3.8, 4) is 0 Å². The Kier molecular flexibility index (Phi) is 14.7. The van der Waals surface area contributed by atoms with Gasteiger partial charge in [-0.25, -0.2) is 8.51 Å². The van der Waals surface area contributed by atoms with Crippen LogP contribution in [0.4, 0.5) is 5.69 Å². The van der Waals surface area contributed by atoms with Crippen molar-refractivity contribution in [3.05, 3.63) is 131 Å². The molecule has 0 heterocycles. The lowest BCUT2D eigenvalue weighted by atomic mass is 9.84. The third-order valence-electron chi connectivity index (χ3n) is 8.40. The smallest absolute Gasteiger partial charge is 0.248 e. The van der Waals surface area contributed by atoms with Gasteiger partial charge in [-0.3, -0.25) is 9.59 Å². The van der Waals surface area contributed by atoms with E-state index in [1.54, 1.807) is 30.3 Å². The third-order valence-corrected chi connectivity index (χ3v) is 9.99. The second-order valence-corrected chi connectivity index (χ2v) is 13.8. The number of hydrogen-bond donors (Lipinski definition) is 3. The maximum Gasteiger partial charge on any atom is 0.248 e. The Morgan fingerprint density at radius 2 is 1.51 bits per heavy atom. The molecule has 0 bridgehead atoms. The van der Waals surface area contributed by atoms with Crippen LogP contribution in [0.1, 0.15) is 48.4 Å². The lowest BCUT2D eigenvalue weighted by Gasteiger charge is -2.34. The van der Waals surface area contributed by atoms with Gasteiger partial charge in [0, 0.05) is 25.3 Å². The SMILES string of the molecule is COCN(C=O)C(C(=O)Nc1cccc(CC(CO)N(CCC(C)C)S(=O)c2ccc(CO)cc2)c1)C(c1ccccc1)c1ccccc1. The first kappa shape index (κ1) is 37.6. The number of nitrogens with zero attached hydrogens (tertiary/aromatic N) is 2. The van der Waals surface area contributed by atoms with Crippen LogP contribution < -0.4 is 5.32 Å². The first-order valence-electron chi connectivity index (χ1n) is 16.5. The molecule has 9 nitrogen and oxygen atoms in total. The Hall–Kier alpha value is -4.19. The minimum absolute atomic E-state index is 0.0813. The Morgan fingerprint density at radius 1 is 0.878 bits per heavy atom. The number of carbonyl (C=O) groups is 2. The maximum absolute atomic E-state index is 14.2. The Bertz CT molecular complexity index is 1580. The standard InChI is InChI=1S/C39H47N3O6S/c1-29(2)21-22-42(49(47)36-19-17-30(25-43)18-20-36)35(26-44)24-31-11-10-16-34(23-31)40-39(46)38(41(27-45)28-48-3)37(32-12-6-4-7-13-32)33-14-8-5-9-15-33/h4-20,23,27,29,35,37-38,43-44H,21-22,24-26,28H2,1-3H3,(H,40,46). The lowest BCUT2D eigenvalue weighted by Crippen LogP contribution is -2.48. The molecule has 3 atom stereocenters. The Balaban J connectivity index is 1.62. The molecule has 3 unspecified atom stereocenters. The molecule has 0 radical (unpaired) electrons. The van der Waals surface area contributed by atoms with Crippen molar-refractivity contribution in [1.29, 1.82) is 0 Å². The fraction of sp³-hybridized carbons (Fsp3) is 0.333. The van der Waals surface area contributed by atoms with E-state index in [-0.39, 0.29) is 25.9 Å². The van der Waals surface area contributed by atoms with Crippen molar-refractivity contribution in [1.82, 2.24) is 9.21 Å². The second-order valence-electron chi connectivity index (χ2n) is 12.4. The molecule has 49 heavy (non-hydrogen) atoms. The van der Waals surface area contributed by atoms with Crippen LogP contribution in [0.5, 0.6) is 0 Å². The normalized spacial score (nSPS) is 13.3. The largest absolute Gasteiger partial charge is 0.395 e. The first-order chi connectivity index (χ1) is 23.8. The number of aliphatic hydroxyl groups is 2. The van der Waals surface area contributed by atoms with Crippen molar-refractivity contribution in [3.63, 3.8) is 0 Å². The van der Waals surface area contributed by atoms with Gasteiger partial charge in [0.15, 0.2) is 0 Å². The predicted molar refractivity (Wildman–Crippen MR) is 193 cm³/mol. The topological polar surface area (TPSA) is 119 Å². The molecule has 3 N–H and O–H groups in total. The van der Waals surface area contributed by atoms with Crippen LogP contribution in [0.25, 0.3) is 0 Å². The number of aliphatic hydroxyl groups excluding tert-OH is 2. The molecule has 0 saturated carbocycles. The molecule has 0 aromatic heterocycles. The molecule has 2 amide bonds. The minimum Gasteiger partial charge on any atom is -0.395 e. The molecule has 4 aromatic carbocycles. The van der Waals surface area contributed by atoms with Gasteiger partial charge in [0.1, 0.15) is 23.8 Å². The van der Waals surface area contributed by atoms with Gasteiger partial charge in [-0.05, 0) is 65.3 Å². The lowest BCUT2D eigenvalue weighted by molar-refractivity contribution is -0.135. The summed E-state index contributed by atoms with van der Waals surface area (Å²) < 4.78 is 21.0. The van der Waals surface area contributed by atoms with Gasteiger partial charge in [0.25, 0.3) is 0 Å². The minimum atomic E-state index is -1.55. The molecule has 0 spiro atoms. The first-order valence-corrected chi connectivity index (χ1v) is 17.6. The summed E-state index contributed by atoms with van der Waals surface area (Å²) in [6, 6.07) is 32.2. The molecule has 4 rings (SSSR count). The number of rotatable bonds is 19. The van der Waals surface area contributed by atoms with Crippen LogP contribution >= 0.6 is 0 Å². The second kappa shape index (κ2) is 19.1. The van der Waals surface area contributed by atoms with E-state index in [4.69, 9.17) is 4.74 Å². The molecule has 0 aliphatic heterocycles. The fourth-order valence-electron chi connectivity index (χ4n) is 5.85. The van der Waals surface area contributed by atoms with E-state index in [9.17, 15) is 24.0 Å². The zero-order valence-electron chi connectivity index (χ0n) is 28.4. The van der Waals surface area contributed by atoms with Crippen LogP contribution in [0, 0.1) is 5.92 Å². The number of methoxy groups -OCH3 is 1. The highest BCUT2D eigenvalue weighted by Gasteiger charge is 2.36. The number of carbonyl (C=O) groups excluding carboxylic acids is 2. The highest BCUT2D eigenvalue weighted by Crippen LogP contribution is 2.32. The number of anilines is 1. The van der Waals surface area contributed by atoms with Gasteiger partial charge in [0.2, 0.25) is 12.3 Å². The Morgan fingerprint density at radius 3 is 2.04 bits per heavy atom. The summed E-state index contributed by atoms with van der Waals surface area (Å²) >= 11 is 0. The molecular formula is C39H47N3O6S. The van der Waals surface area contributed by atoms with E-state index >= 15 is 0 Å². The Labute approximate surface area is 292 Å². The van der Waals surface area contributed by atoms with Crippen LogP contribution in [0.2, 0.25) is 0 Å². The predicted octanol–water partition coefficient (Wildman–Crippen LogP) is 5.35. The van der Waals surface area contributed by atoms with E-state index in [0.717, 1.165) is 28.7 Å².